The summed E-state index contributed by atoms with van der Waals surface area (Å²) in [6.07, 6.45) is -0.806. The number of amides is 1. The molecule has 0 radical (unpaired) electrons. The summed E-state index contributed by atoms with van der Waals surface area (Å²) in [5.41, 5.74) is 0. The van der Waals surface area contributed by atoms with Crippen LogP contribution in [-0.2, 0) is 9.59 Å². The maximum atomic E-state index is 11.5. The second kappa shape index (κ2) is 5.47. The molecule has 0 bridgehead atoms. The second-order valence-electron chi connectivity index (χ2n) is 3.89. The number of aliphatic carboxylic acids is 1. The maximum absolute atomic E-state index is 11.5. The van der Waals surface area contributed by atoms with Crippen LogP contribution in [-0.4, -0.2) is 36.4 Å². The van der Waals surface area contributed by atoms with Gasteiger partial charge >= 0.3 is 5.97 Å². The van der Waals surface area contributed by atoms with Gasteiger partial charge in [-0.1, -0.05) is 0 Å². The number of carboxylic acids is 1. The van der Waals surface area contributed by atoms with Crippen molar-refractivity contribution in [1.29, 1.82) is 0 Å². The minimum absolute atomic E-state index is 0.160. The summed E-state index contributed by atoms with van der Waals surface area (Å²) in [5, 5.41) is 10.7. The number of benzene rings is 1. The Labute approximate surface area is 109 Å². The highest BCUT2D eigenvalue weighted by Crippen LogP contribution is 2.35. The fourth-order valence-corrected chi connectivity index (χ4v) is 1.51. The molecule has 2 rings (SSSR count). The Bertz CT molecular complexity index is 501. The van der Waals surface area contributed by atoms with Gasteiger partial charge in [0.05, 0.1) is 0 Å². The van der Waals surface area contributed by atoms with Gasteiger partial charge in [0.2, 0.25) is 6.79 Å². The highest BCUT2D eigenvalue weighted by atomic mass is 16.7. The first kappa shape index (κ1) is 13.0. The minimum Gasteiger partial charge on any atom is -0.481 e. The van der Waals surface area contributed by atoms with Crippen LogP contribution in [0.1, 0.15) is 6.92 Å². The monoisotopic (exact) mass is 267 g/mol. The minimum atomic E-state index is -1.11. The van der Waals surface area contributed by atoms with Gasteiger partial charge in [0, 0.05) is 6.07 Å². The van der Waals surface area contributed by atoms with Crippen LogP contribution in [0.3, 0.4) is 0 Å². The average molecular weight is 267 g/mol. The molecular weight excluding hydrogens is 254 g/mol. The third-order valence-corrected chi connectivity index (χ3v) is 2.44. The number of rotatable bonds is 5. The lowest BCUT2D eigenvalue weighted by molar-refractivity contribution is -0.139. The summed E-state index contributed by atoms with van der Waals surface area (Å²) in [6.45, 7) is 1.25. The number of hydrogen-bond donors (Lipinski definition) is 2. The van der Waals surface area contributed by atoms with Crippen molar-refractivity contribution in [2.75, 3.05) is 13.3 Å². The molecule has 0 spiro atoms. The zero-order valence-electron chi connectivity index (χ0n) is 10.2. The van der Waals surface area contributed by atoms with Gasteiger partial charge in [0.15, 0.2) is 17.6 Å². The Morgan fingerprint density at radius 2 is 2.16 bits per heavy atom. The second-order valence-corrected chi connectivity index (χ2v) is 3.89. The lowest BCUT2D eigenvalue weighted by Gasteiger charge is -2.14. The van der Waals surface area contributed by atoms with E-state index in [0.29, 0.717) is 17.2 Å². The molecule has 0 aliphatic carbocycles. The van der Waals surface area contributed by atoms with Gasteiger partial charge in [-0.2, -0.15) is 0 Å². The molecule has 1 aromatic carbocycles. The van der Waals surface area contributed by atoms with Crippen LogP contribution in [0.25, 0.3) is 0 Å². The fourth-order valence-electron chi connectivity index (χ4n) is 1.51. The first-order valence-corrected chi connectivity index (χ1v) is 5.62. The van der Waals surface area contributed by atoms with E-state index in [4.69, 9.17) is 19.3 Å². The van der Waals surface area contributed by atoms with Crippen LogP contribution in [0.15, 0.2) is 18.2 Å². The molecule has 0 fully saturated rings. The summed E-state index contributed by atoms with van der Waals surface area (Å²) in [4.78, 5) is 21.9. The Kier molecular flexibility index (Phi) is 3.74. The molecule has 2 N–H and O–H groups in total. The van der Waals surface area contributed by atoms with Gasteiger partial charge in [0.1, 0.15) is 12.3 Å². The van der Waals surface area contributed by atoms with Crippen molar-refractivity contribution < 1.29 is 28.9 Å². The van der Waals surface area contributed by atoms with Gasteiger partial charge in [-0.15, -0.1) is 0 Å². The summed E-state index contributed by atoms with van der Waals surface area (Å²) >= 11 is 0. The Balaban J connectivity index is 1.93. The molecule has 1 unspecified atom stereocenters. The Morgan fingerprint density at radius 1 is 1.42 bits per heavy atom. The fraction of sp³-hybridized carbons (Fsp3) is 0.333. The van der Waals surface area contributed by atoms with Crippen molar-refractivity contribution in [3.63, 3.8) is 0 Å². The molecular formula is C12H13NO6. The summed E-state index contributed by atoms with van der Waals surface area (Å²) < 4.78 is 15.7. The van der Waals surface area contributed by atoms with Crippen molar-refractivity contribution in [3.05, 3.63) is 18.2 Å². The van der Waals surface area contributed by atoms with Crippen molar-refractivity contribution >= 4 is 11.9 Å². The molecule has 7 heteroatoms. The summed E-state index contributed by atoms with van der Waals surface area (Å²) in [6, 6.07) is 4.94. The Morgan fingerprint density at radius 3 is 2.89 bits per heavy atom. The molecule has 0 saturated heterocycles. The van der Waals surface area contributed by atoms with Crippen LogP contribution in [0.4, 0.5) is 0 Å². The number of carbonyl (C=O) groups is 2. The standard InChI is InChI=1S/C12H13NO6/c1-7(12(16)13-5-11(14)15)19-8-2-3-9-10(4-8)18-6-17-9/h2-4,7H,5-6H2,1H3,(H,13,16)(H,14,15). The molecule has 0 saturated carbocycles. The highest BCUT2D eigenvalue weighted by molar-refractivity contribution is 5.84. The largest absolute Gasteiger partial charge is 0.481 e. The SMILES string of the molecule is CC(Oc1ccc2c(c1)OCO2)C(=O)NCC(=O)O. The third kappa shape index (κ3) is 3.27. The molecule has 1 aromatic rings. The zero-order valence-corrected chi connectivity index (χ0v) is 10.2. The van der Waals surface area contributed by atoms with Crippen molar-refractivity contribution in [3.8, 4) is 17.2 Å². The van der Waals surface area contributed by atoms with Crippen LogP contribution in [0.2, 0.25) is 0 Å². The lowest BCUT2D eigenvalue weighted by Crippen LogP contribution is -2.39. The number of carbonyl (C=O) groups excluding carboxylic acids is 1. The molecule has 1 amide bonds. The molecule has 102 valence electrons. The van der Waals surface area contributed by atoms with Crippen LogP contribution in [0.5, 0.6) is 17.2 Å². The van der Waals surface area contributed by atoms with E-state index < -0.39 is 24.5 Å². The predicted molar refractivity (Wildman–Crippen MR) is 63.3 cm³/mol. The Hall–Kier alpha value is -2.44. The number of ether oxygens (including phenoxy) is 3. The maximum Gasteiger partial charge on any atom is 0.322 e. The molecule has 1 aliphatic rings. The van der Waals surface area contributed by atoms with Crippen LogP contribution >= 0.6 is 0 Å². The molecule has 1 atom stereocenters. The number of nitrogens with one attached hydrogen (secondary N) is 1. The van der Waals surface area contributed by atoms with Crippen LogP contribution in [0, 0.1) is 0 Å². The van der Waals surface area contributed by atoms with E-state index in [9.17, 15) is 9.59 Å². The van der Waals surface area contributed by atoms with Gasteiger partial charge in [-0.25, -0.2) is 0 Å². The summed E-state index contributed by atoms with van der Waals surface area (Å²) in [5.74, 6) is 0.0110. The van der Waals surface area contributed by atoms with Gasteiger partial charge in [0.25, 0.3) is 5.91 Å². The molecule has 1 aliphatic heterocycles. The lowest BCUT2D eigenvalue weighted by atomic mass is 10.3. The number of hydrogen-bond acceptors (Lipinski definition) is 5. The first-order chi connectivity index (χ1) is 9.06. The van der Waals surface area contributed by atoms with E-state index >= 15 is 0 Å². The van der Waals surface area contributed by atoms with E-state index in [-0.39, 0.29) is 6.79 Å². The normalized spacial score (nSPS) is 13.7. The highest BCUT2D eigenvalue weighted by Gasteiger charge is 2.18. The van der Waals surface area contributed by atoms with E-state index in [2.05, 4.69) is 5.32 Å². The van der Waals surface area contributed by atoms with Crippen molar-refractivity contribution in [1.82, 2.24) is 5.32 Å². The number of fused-ring (bicyclic) bond motifs is 1. The quantitative estimate of drug-likeness (QED) is 0.801. The number of carboxylic acid groups (broad SMARTS) is 1. The van der Waals surface area contributed by atoms with Gasteiger partial charge in [-0.05, 0) is 19.1 Å². The van der Waals surface area contributed by atoms with E-state index in [1.54, 1.807) is 18.2 Å². The zero-order chi connectivity index (χ0) is 13.8. The van der Waals surface area contributed by atoms with Crippen molar-refractivity contribution in [2.45, 2.75) is 13.0 Å². The predicted octanol–water partition coefficient (Wildman–Crippen LogP) is 0.383. The molecule has 19 heavy (non-hydrogen) atoms. The average Bonchev–Trinajstić information content (AvgIpc) is 2.83. The molecule has 0 aromatic heterocycles. The van der Waals surface area contributed by atoms with E-state index in [1.165, 1.54) is 6.92 Å². The third-order valence-electron chi connectivity index (χ3n) is 2.44. The molecule has 7 nitrogen and oxygen atoms in total. The van der Waals surface area contributed by atoms with E-state index in [1.807, 2.05) is 0 Å². The first-order valence-electron chi connectivity index (χ1n) is 5.62. The van der Waals surface area contributed by atoms with Gasteiger partial charge < -0.3 is 24.6 Å². The van der Waals surface area contributed by atoms with E-state index in [0.717, 1.165) is 0 Å². The topological polar surface area (TPSA) is 94.1 Å². The molecule has 1 heterocycles. The van der Waals surface area contributed by atoms with Gasteiger partial charge in [-0.3, -0.25) is 9.59 Å². The van der Waals surface area contributed by atoms with Crippen molar-refractivity contribution in [2.24, 2.45) is 0 Å². The summed E-state index contributed by atoms with van der Waals surface area (Å²) in [7, 11) is 0. The van der Waals surface area contributed by atoms with Crippen LogP contribution < -0.4 is 19.5 Å². The smallest absolute Gasteiger partial charge is 0.322 e.